The van der Waals surface area contributed by atoms with Crippen molar-refractivity contribution in [2.75, 3.05) is 0 Å². The van der Waals surface area contributed by atoms with Crippen LogP contribution in [0.1, 0.15) is 27.6 Å². The van der Waals surface area contributed by atoms with Crippen LogP contribution >= 0.6 is 0 Å². The standard InChI is InChI=1S/C11H7N3O3/c12-6-8-3-1-7(2-4-8)5-9-13-10(11(15)16)14-17-9/h1-4H,5H2,(H,15,16). The topological polar surface area (TPSA) is 100 Å². The zero-order valence-corrected chi connectivity index (χ0v) is 8.62. The van der Waals surface area contributed by atoms with Crippen LogP contribution in [-0.2, 0) is 6.42 Å². The number of carboxylic acids is 1. The third-order valence-corrected chi connectivity index (χ3v) is 2.10. The summed E-state index contributed by atoms with van der Waals surface area (Å²) in [5.74, 6) is -1.35. The van der Waals surface area contributed by atoms with Crippen LogP contribution in [0, 0.1) is 11.3 Å². The lowest BCUT2D eigenvalue weighted by Crippen LogP contribution is -1.99. The van der Waals surface area contributed by atoms with E-state index in [2.05, 4.69) is 10.1 Å². The van der Waals surface area contributed by atoms with E-state index in [1.165, 1.54) is 0 Å². The molecule has 0 fully saturated rings. The van der Waals surface area contributed by atoms with E-state index >= 15 is 0 Å². The number of aromatic carboxylic acids is 1. The molecule has 0 spiro atoms. The minimum absolute atomic E-state index is 0.229. The summed E-state index contributed by atoms with van der Waals surface area (Å²) in [6.07, 6.45) is 0.339. The monoisotopic (exact) mass is 229 g/mol. The first-order chi connectivity index (χ1) is 8.19. The quantitative estimate of drug-likeness (QED) is 0.849. The van der Waals surface area contributed by atoms with E-state index in [-0.39, 0.29) is 11.7 Å². The predicted octanol–water partition coefficient (Wildman–Crippen LogP) is 1.23. The highest BCUT2D eigenvalue weighted by atomic mass is 16.5. The van der Waals surface area contributed by atoms with Crippen molar-refractivity contribution in [3.8, 4) is 6.07 Å². The lowest BCUT2D eigenvalue weighted by molar-refractivity contribution is 0.0680. The molecule has 1 heterocycles. The molecule has 1 aromatic carbocycles. The summed E-state index contributed by atoms with van der Waals surface area (Å²) in [6, 6.07) is 8.86. The molecule has 0 bridgehead atoms. The molecule has 0 saturated carbocycles. The molecule has 1 aromatic heterocycles. The van der Waals surface area contributed by atoms with Crippen molar-refractivity contribution in [2.24, 2.45) is 0 Å². The summed E-state index contributed by atoms with van der Waals surface area (Å²) >= 11 is 0. The lowest BCUT2D eigenvalue weighted by Gasteiger charge is -1.95. The lowest BCUT2D eigenvalue weighted by atomic mass is 10.1. The third kappa shape index (κ3) is 2.46. The Hall–Kier alpha value is -2.68. The van der Waals surface area contributed by atoms with Crippen LogP contribution in [0.2, 0.25) is 0 Å². The van der Waals surface area contributed by atoms with E-state index in [0.717, 1.165) is 5.56 Å². The Balaban J connectivity index is 2.14. The summed E-state index contributed by atoms with van der Waals surface area (Å²) in [6.45, 7) is 0. The van der Waals surface area contributed by atoms with Crippen molar-refractivity contribution >= 4 is 5.97 Å². The van der Waals surface area contributed by atoms with E-state index in [4.69, 9.17) is 14.9 Å². The first-order valence-corrected chi connectivity index (χ1v) is 4.74. The first kappa shape index (κ1) is 10.8. The number of rotatable bonds is 3. The van der Waals surface area contributed by atoms with Crippen LogP contribution in [0.25, 0.3) is 0 Å². The van der Waals surface area contributed by atoms with E-state index in [1.807, 2.05) is 6.07 Å². The number of carbonyl (C=O) groups is 1. The number of aromatic nitrogens is 2. The van der Waals surface area contributed by atoms with Gasteiger partial charge in [0.1, 0.15) is 0 Å². The normalized spacial score (nSPS) is 9.82. The first-order valence-electron chi connectivity index (χ1n) is 4.74. The van der Waals surface area contributed by atoms with Gasteiger partial charge < -0.3 is 9.63 Å². The summed E-state index contributed by atoms with van der Waals surface area (Å²) in [5.41, 5.74) is 1.43. The zero-order chi connectivity index (χ0) is 12.3. The van der Waals surface area contributed by atoms with Crippen LogP contribution in [0.5, 0.6) is 0 Å². The van der Waals surface area contributed by atoms with Crippen molar-refractivity contribution in [1.82, 2.24) is 10.1 Å². The Bertz CT molecular complexity index is 581. The van der Waals surface area contributed by atoms with E-state index in [0.29, 0.717) is 12.0 Å². The molecular weight excluding hydrogens is 222 g/mol. The molecule has 0 aliphatic heterocycles. The molecule has 2 rings (SSSR count). The molecule has 6 nitrogen and oxygen atoms in total. The van der Waals surface area contributed by atoms with Crippen molar-refractivity contribution in [3.63, 3.8) is 0 Å². The molecule has 0 radical (unpaired) electrons. The average Bonchev–Trinajstić information content (AvgIpc) is 2.79. The van der Waals surface area contributed by atoms with E-state index in [9.17, 15) is 4.79 Å². The van der Waals surface area contributed by atoms with Gasteiger partial charge in [-0.1, -0.05) is 12.1 Å². The molecule has 0 unspecified atom stereocenters. The Labute approximate surface area is 96.1 Å². The Kier molecular flexibility index (Phi) is 2.83. The second-order valence-corrected chi connectivity index (χ2v) is 3.30. The fourth-order valence-corrected chi connectivity index (χ4v) is 1.29. The van der Waals surface area contributed by atoms with Gasteiger partial charge in [-0.2, -0.15) is 10.2 Å². The maximum Gasteiger partial charge on any atom is 0.377 e. The Morgan fingerprint density at radius 1 is 1.41 bits per heavy atom. The van der Waals surface area contributed by atoms with Gasteiger partial charge in [-0.3, -0.25) is 0 Å². The highest BCUT2D eigenvalue weighted by molar-refractivity contribution is 5.82. The second kappa shape index (κ2) is 4.45. The van der Waals surface area contributed by atoms with Crippen molar-refractivity contribution in [2.45, 2.75) is 6.42 Å². The van der Waals surface area contributed by atoms with Crippen molar-refractivity contribution in [3.05, 3.63) is 47.1 Å². The Morgan fingerprint density at radius 2 is 2.12 bits per heavy atom. The molecule has 2 aromatic rings. The van der Waals surface area contributed by atoms with E-state index in [1.54, 1.807) is 24.3 Å². The van der Waals surface area contributed by atoms with Gasteiger partial charge >= 0.3 is 5.97 Å². The zero-order valence-electron chi connectivity index (χ0n) is 8.62. The van der Waals surface area contributed by atoms with Gasteiger partial charge in [0, 0.05) is 0 Å². The fourth-order valence-electron chi connectivity index (χ4n) is 1.29. The summed E-state index contributed by atoms with van der Waals surface area (Å²) in [4.78, 5) is 14.2. The molecule has 6 heteroatoms. The highest BCUT2D eigenvalue weighted by Gasteiger charge is 2.12. The molecule has 0 amide bonds. The molecular formula is C11H7N3O3. The van der Waals surface area contributed by atoms with Gasteiger partial charge in [0.25, 0.3) is 5.82 Å². The molecule has 0 aliphatic carbocycles. The molecule has 0 atom stereocenters. The average molecular weight is 229 g/mol. The molecule has 17 heavy (non-hydrogen) atoms. The number of nitrogens with zero attached hydrogens (tertiary/aromatic N) is 3. The molecule has 0 aliphatic rings. The van der Waals surface area contributed by atoms with E-state index < -0.39 is 5.97 Å². The number of hydrogen-bond acceptors (Lipinski definition) is 5. The minimum Gasteiger partial charge on any atom is -0.475 e. The van der Waals surface area contributed by atoms with Crippen LogP contribution in [0.3, 0.4) is 0 Å². The number of nitriles is 1. The second-order valence-electron chi connectivity index (χ2n) is 3.30. The molecule has 84 valence electrons. The SMILES string of the molecule is N#Cc1ccc(Cc2nc(C(=O)O)no2)cc1. The van der Waals surface area contributed by atoms with Gasteiger partial charge in [0.2, 0.25) is 5.89 Å². The largest absolute Gasteiger partial charge is 0.475 e. The van der Waals surface area contributed by atoms with Gasteiger partial charge in [0.05, 0.1) is 18.1 Å². The minimum atomic E-state index is -1.22. The van der Waals surface area contributed by atoms with Crippen LogP contribution in [0.4, 0.5) is 0 Å². The number of carboxylic acid groups (broad SMARTS) is 1. The van der Waals surface area contributed by atoms with Gasteiger partial charge in [-0.25, -0.2) is 4.79 Å². The summed E-state index contributed by atoms with van der Waals surface area (Å²) < 4.78 is 4.78. The van der Waals surface area contributed by atoms with Gasteiger partial charge in [0.15, 0.2) is 0 Å². The van der Waals surface area contributed by atoms with Crippen molar-refractivity contribution in [1.29, 1.82) is 5.26 Å². The van der Waals surface area contributed by atoms with Crippen molar-refractivity contribution < 1.29 is 14.4 Å². The van der Waals surface area contributed by atoms with Crippen LogP contribution in [-0.4, -0.2) is 21.2 Å². The van der Waals surface area contributed by atoms with Gasteiger partial charge in [-0.15, -0.1) is 0 Å². The fraction of sp³-hybridized carbons (Fsp3) is 0.0909. The highest BCUT2D eigenvalue weighted by Crippen LogP contribution is 2.09. The molecule has 0 saturated heterocycles. The third-order valence-electron chi connectivity index (χ3n) is 2.10. The van der Waals surface area contributed by atoms with Crippen LogP contribution in [0.15, 0.2) is 28.8 Å². The van der Waals surface area contributed by atoms with Crippen LogP contribution < -0.4 is 0 Å². The maximum atomic E-state index is 10.5. The maximum absolute atomic E-state index is 10.5. The number of benzene rings is 1. The van der Waals surface area contributed by atoms with Gasteiger partial charge in [-0.05, 0) is 22.9 Å². The summed E-state index contributed by atoms with van der Waals surface area (Å²) in [7, 11) is 0. The Morgan fingerprint density at radius 3 is 2.65 bits per heavy atom. The number of hydrogen-bond donors (Lipinski definition) is 1. The smallest absolute Gasteiger partial charge is 0.377 e. The predicted molar refractivity (Wildman–Crippen MR) is 55.2 cm³/mol. The summed E-state index contributed by atoms with van der Waals surface area (Å²) in [5, 5.41) is 20.5. The molecule has 1 N–H and O–H groups in total.